The number of aromatic nitrogens is 3. The molecule has 31 heavy (non-hydrogen) atoms. The van der Waals surface area contributed by atoms with Crippen molar-refractivity contribution in [3.63, 3.8) is 0 Å². The highest BCUT2D eigenvalue weighted by atomic mass is 32.1. The van der Waals surface area contributed by atoms with Gasteiger partial charge >= 0.3 is 5.97 Å². The van der Waals surface area contributed by atoms with Gasteiger partial charge in [-0.3, -0.25) is 4.79 Å². The zero-order chi connectivity index (χ0) is 22.5. The highest BCUT2D eigenvalue weighted by Crippen LogP contribution is 2.29. The predicted octanol–water partition coefficient (Wildman–Crippen LogP) is 1.83. The lowest BCUT2D eigenvalue weighted by Crippen LogP contribution is -2.55. The molecule has 0 bridgehead atoms. The SMILES string of the molecule is CCOC(=O)c1sc(N2CCC(NC(=O)c3nc(COC)c(C)[nH]3)C(OC)C2)nc1C. The Labute approximate surface area is 185 Å². The maximum Gasteiger partial charge on any atom is 0.350 e. The van der Waals surface area contributed by atoms with Gasteiger partial charge in [-0.15, -0.1) is 0 Å². The molecule has 0 spiro atoms. The number of rotatable bonds is 8. The highest BCUT2D eigenvalue weighted by Gasteiger charge is 2.33. The summed E-state index contributed by atoms with van der Waals surface area (Å²) in [6.07, 6.45) is 0.435. The first kappa shape index (κ1) is 23.2. The standard InChI is InChI=1S/C20H29N5O5S/c1-6-30-19(27)16-12(3)22-20(31-16)25-8-7-13(15(9-25)29-5)24-18(26)17-21-11(2)14(23-17)10-28-4/h13,15H,6-10H2,1-5H3,(H,21,23)(H,24,26). The van der Waals surface area contributed by atoms with Crippen molar-refractivity contribution < 1.29 is 23.8 Å². The largest absolute Gasteiger partial charge is 0.462 e. The second-order valence-corrected chi connectivity index (χ2v) is 8.29. The van der Waals surface area contributed by atoms with E-state index in [4.69, 9.17) is 14.2 Å². The first-order chi connectivity index (χ1) is 14.9. The van der Waals surface area contributed by atoms with Crippen molar-refractivity contribution in [1.82, 2.24) is 20.3 Å². The molecule has 2 N–H and O–H groups in total. The third kappa shape index (κ3) is 5.23. The average Bonchev–Trinajstić information content (AvgIpc) is 3.31. The molecule has 1 aliphatic heterocycles. The zero-order valence-corrected chi connectivity index (χ0v) is 19.3. The third-order valence-electron chi connectivity index (χ3n) is 5.18. The number of methoxy groups -OCH3 is 2. The molecule has 2 aromatic rings. The summed E-state index contributed by atoms with van der Waals surface area (Å²) in [5.74, 6) is -0.368. The molecule has 1 saturated heterocycles. The van der Waals surface area contributed by atoms with Gasteiger partial charge in [-0.05, 0) is 27.2 Å². The number of amides is 1. The number of carbonyl (C=O) groups is 2. The number of hydrogen-bond acceptors (Lipinski definition) is 9. The summed E-state index contributed by atoms with van der Waals surface area (Å²) >= 11 is 1.32. The molecule has 10 nitrogen and oxygen atoms in total. The molecular formula is C20H29N5O5S. The fourth-order valence-corrected chi connectivity index (χ4v) is 4.51. The molecule has 2 aromatic heterocycles. The number of nitrogens with one attached hydrogen (secondary N) is 2. The van der Waals surface area contributed by atoms with Gasteiger partial charge in [0.05, 0.1) is 36.7 Å². The number of esters is 1. The Balaban J connectivity index is 1.66. The molecule has 0 aliphatic carbocycles. The maximum atomic E-state index is 12.7. The predicted molar refractivity (Wildman–Crippen MR) is 116 cm³/mol. The molecule has 0 saturated carbocycles. The van der Waals surface area contributed by atoms with Crippen molar-refractivity contribution in [3.8, 4) is 0 Å². The molecule has 3 rings (SSSR count). The number of hydrogen-bond donors (Lipinski definition) is 2. The van der Waals surface area contributed by atoms with Crippen LogP contribution in [0, 0.1) is 13.8 Å². The third-order valence-corrected chi connectivity index (χ3v) is 6.37. The molecule has 170 valence electrons. The van der Waals surface area contributed by atoms with Crippen LogP contribution in [0.1, 0.15) is 50.7 Å². The van der Waals surface area contributed by atoms with Crippen molar-refractivity contribution in [3.05, 3.63) is 27.8 Å². The summed E-state index contributed by atoms with van der Waals surface area (Å²) < 4.78 is 15.9. The Morgan fingerprint density at radius 2 is 2.06 bits per heavy atom. The van der Waals surface area contributed by atoms with Crippen molar-refractivity contribution >= 4 is 28.3 Å². The summed E-state index contributed by atoms with van der Waals surface area (Å²) in [5.41, 5.74) is 2.17. The van der Waals surface area contributed by atoms with Crippen LogP contribution in [-0.4, -0.2) is 72.9 Å². The van der Waals surface area contributed by atoms with Gasteiger partial charge in [0.2, 0.25) is 0 Å². The van der Waals surface area contributed by atoms with Gasteiger partial charge in [0.25, 0.3) is 5.91 Å². The van der Waals surface area contributed by atoms with E-state index >= 15 is 0 Å². The number of anilines is 1. The molecule has 1 amide bonds. The number of H-pyrrole nitrogens is 1. The Morgan fingerprint density at radius 3 is 2.74 bits per heavy atom. The molecule has 0 radical (unpaired) electrons. The number of aryl methyl sites for hydroxylation is 2. The van der Waals surface area contributed by atoms with E-state index in [1.807, 2.05) is 6.92 Å². The van der Waals surface area contributed by atoms with E-state index < -0.39 is 0 Å². The van der Waals surface area contributed by atoms with Crippen LogP contribution in [0.25, 0.3) is 0 Å². The number of piperidine rings is 1. The van der Waals surface area contributed by atoms with Crippen LogP contribution >= 0.6 is 11.3 Å². The zero-order valence-electron chi connectivity index (χ0n) is 18.5. The average molecular weight is 452 g/mol. The van der Waals surface area contributed by atoms with Crippen molar-refractivity contribution in [2.75, 3.05) is 38.8 Å². The number of thiazole rings is 1. The van der Waals surface area contributed by atoms with Crippen LogP contribution in [0.3, 0.4) is 0 Å². The van der Waals surface area contributed by atoms with Gasteiger partial charge in [-0.1, -0.05) is 11.3 Å². The van der Waals surface area contributed by atoms with Gasteiger partial charge in [-0.25, -0.2) is 14.8 Å². The second kappa shape index (κ2) is 10.2. The Morgan fingerprint density at radius 1 is 1.29 bits per heavy atom. The normalized spacial score (nSPS) is 18.8. The quantitative estimate of drug-likeness (QED) is 0.584. The lowest BCUT2D eigenvalue weighted by molar-refractivity contribution is 0.0530. The molecule has 0 aromatic carbocycles. The van der Waals surface area contributed by atoms with Crippen LogP contribution in [-0.2, 0) is 20.8 Å². The fraction of sp³-hybridized carbons (Fsp3) is 0.600. The van der Waals surface area contributed by atoms with Gasteiger partial charge in [-0.2, -0.15) is 0 Å². The van der Waals surface area contributed by atoms with Crippen LogP contribution < -0.4 is 10.2 Å². The molecule has 2 atom stereocenters. The molecular weight excluding hydrogens is 422 g/mol. The van der Waals surface area contributed by atoms with Gasteiger partial charge < -0.3 is 29.4 Å². The fourth-order valence-electron chi connectivity index (χ4n) is 3.52. The summed E-state index contributed by atoms with van der Waals surface area (Å²) in [6, 6.07) is -0.171. The molecule has 1 aliphatic rings. The van der Waals surface area contributed by atoms with Gasteiger partial charge in [0.1, 0.15) is 4.88 Å². The summed E-state index contributed by atoms with van der Waals surface area (Å²) in [7, 11) is 3.21. The molecule has 11 heteroatoms. The number of ether oxygens (including phenoxy) is 3. The summed E-state index contributed by atoms with van der Waals surface area (Å²) in [6.45, 7) is 7.32. The van der Waals surface area contributed by atoms with E-state index in [0.29, 0.717) is 49.0 Å². The lowest BCUT2D eigenvalue weighted by Gasteiger charge is -2.37. The topological polar surface area (TPSA) is 119 Å². The van der Waals surface area contributed by atoms with Gasteiger partial charge in [0, 0.05) is 33.0 Å². The van der Waals surface area contributed by atoms with Crippen LogP contribution in [0.4, 0.5) is 5.13 Å². The van der Waals surface area contributed by atoms with E-state index in [0.717, 1.165) is 10.8 Å². The van der Waals surface area contributed by atoms with Crippen LogP contribution in [0.2, 0.25) is 0 Å². The minimum Gasteiger partial charge on any atom is -0.462 e. The molecule has 1 fully saturated rings. The second-order valence-electron chi connectivity index (χ2n) is 7.31. The van der Waals surface area contributed by atoms with Crippen LogP contribution in [0.5, 0.6) is 0 Å². The number of carbonyl (C=O) groups excluding carboxylic acids is 2. The van der Waals surface area contributed by atoms with E-state index in [1.54, 1.807) is 28.1 Å². The minimum atomic E-state index is -0.351. The van der Waals surface area contributed by atoms with Gasteiger partial charge in [0.15, 0.2) is 11.0 Å². The summed E-state index contributed by atoms with van der Waals surface area (Å²) in [4.78, 5) is 39.3. The lowest BCUT2D eigenvalue weighted by atomic mass is 10.0. The van der Waals surface area contributed by atoms with E-state index in [9.17, 15) is 9.59 Å². The van der Waals surface area contributed by atoms with E-state index in [1.165, 1.54) is 11.3 Å². The Bertz CT molecular complexity index is 927. The monoisotopic (exact) mass is 451 g/mol. The number of aromatic amines is 1. The van der Waals surface area contributed by atoms with E-state index in [2.05, 4.69) is 25.2 Å². The first-order valence-electron chi connectivity index (χ1n) is 10.1. The van der Waals surface area contributed by atoms with Crippen LogP contribution in [0.15, 0.2) is 0 Å². The Kier molecular flexibility index (Phi) is 7.63. The van der Waals surface area contributed by atoms with Crippen molar-refractivity contribution in [1.29, 1.82) is 0 Å². The maximum absolute atomic E-state index is 12.7. The minimum absolute atomic E-state index is 0.171. The first-order valence-corrected chi connectivity index (χ1v) is 11.0. The smallest absolute Gasteiger partial charge is 0.350 e. The number of imidazole rings is 1. The summed E-state index contributed by atoms with van der Waals surface area (Å²) in [5, 5.41) is 3.77. The number of nitrogens with zero attached hydrogens (tertiary/aromatic N) is 3. The Hall–Kier alpha value is -2.50. The molecule has 2 unspecified atom stereocenters. The highest BCUT2D eigenvalue weighted by molar-refractivity contribution is 7.17. The van der Waals surface area contributed by atoms with Crippen molar-refractivity contribution in [2.45, 2.75) is 45.9 Å². The van der Waals surface area contributed by atoms with E-state index in [-0.39, 0.29) is 29.8 Å². The van der Waals surface area contributed by atoms with Crippen molar-refractivity contribution in [2.24, 2.45) is 0 Å². The molecule has 3 heterocycles.